The third-order valence-electron chi connectivity index (χ3n) is 8.27. The zero-order valence-electron chi connectivity index (χ0n) is 22.8. The second kappa shape index (κ2) is 11.5. The number of hydrogen-bond donors (Lipinski definition) is 1. The molecule has 0 spiro atoms. The predicted octanol–water partition coefficient (Wildman–Crippen LogP) is 7.11. The molecule has 0 bridgehead atoms. The van der Waals surface area contributed by atoms with Crippen LogP contribution in [0.5, 0.6) is 11.5 Å². The minimum absolute atomic E-state index is 0.150. The zero-order chi connectivity index (χ0) is 29.5. The molecule has 0 amide bonds. The largest absolute Gasteiger partial charge is 0.485 e. The van der Waals surface area contributed by atoms with Crippen molar-refractivity contribution in [1.82, 2.24) is 14.5 Å². The van der Waals surface area contributed by atoms with Crippen molar-refractivity contribution in [3.8, 4) is 11.5 Å². The number of alkyl halides is 2. The molecule has 1 aromatic heterocycles. The maximum Gasteiger partial charge on any atom is 0.387 e. The Balaban J connectivity index is 1.18. The molecule has 1 N–H and O–H groups in total. The van der Waals surface area contributed by atoms with Crippen molar-refractivity contribution in [3.63, 3.8) is 0 Å². The molecular formula is C31H29ClF3N3O4. The van der Waals surface area contributed by atoms with E-state index in [1.54, 1.807) is 23.7 Å². The van der Waals surface area contributed by atoms with Gasteiger partial charge in [-0.2, -0.15) is 8.78 Å². The van der Waals surface area contributed by atoms with Crippen molar-refractivity contribution in [2.24, 2.45) is 7.05 Å². The molecule has 0 aliphatic carbocycles. The van der Waals surface area contributed by atoms with Gasteiger partial charge in [-0.25, -0.2) is 14.2 Å². The Morgan fingerprint density at radius 2 is 1.93 bits per heavy atom. The Labute approximate surface area is 245 Å². The molecule has 0 radical (unpaired) electrons. The van der Waals surface area contributed by atoms with E-state index in [2.05, 4.69) is 32.8 Å². The molecule has 42 heavy (non-hydrogen) atoms. The van der Waals surface area contributed by atoms with Gasteiger partial charge in [-0.15, -0.1) is 0 Å². The van der Waals surface area contributed by atoms with E-state index in [0.717, 1.165) is 55.3 Å². The second-order valence-corrected chi connectivity index (χ2v) is 11.2. The molecule has 3 heterocycles. The molecule has 6 rings (SSSR count). The quantitative estimate of drug-likeness (QED) is 0.244. The minimum Gasteiger partial charge on any atom is -0.485 e. The van der Waals surface area contributed by atoms with Crippen molar-refractivity contribution in [2.75, 3.05) is 13.1 Å². The van der Waals surface area contributed by atoms with Gasteiger partial charge in [0.05, 0.1) is 17.6 Å². The van der Waals surface area contributed by atoms with E-state index < -0.39 is 12.6 Å². The first-order chi connectivity index (χ1) is 20.2. The summed E-state index contributed by atoms with van der Waals surface area (Å²) in [5.41, 5.74) is 3.23. The number of aromatic nitrogens is 2. The molecule has 1 fully saturated rings. The lowest BCUT2D eigenvalue weighted by Crippen LogP contribution is -2.33. The Morgan fingerprint density at radius 3 is 2.64 bits per heavy atom. The van der Waals surface area contributed by atoms with Gasteiger partial charge in [0.2, 0.25) is 0 Å². The van der Waals surface area contributed by atoms with Crippen LogP contribution in [0.2, 0.25) is 5.02 Å². The number of aryl methyl sites for hydroxylation is 2. The molecule has 0 unspecified atom stereocenters. The maximum absolute atomic E-state index is 14.7. The number of likely N-dealkylation sites (tertiary alicyclic amines) is 1. The molecule has 2 aliphatic rings. The number of halogens is 4. The van der Waals surface area contributed by atoms with Gasteiger partial charge in [0.15, 0.2) is 5.75 Å². The zero-order valence-corrected chi connectivity index (χ0v) is 23.6. The van der Waals surface area contributed by atoms with E-state index in [4.69, 9.17) is 16.3 Å². The van der Waals surface area contributed by atoms with Crippen LogP contribution in [0, 0.1) is 5.82 Å². The lowest BCUT2D eigenvalue weighted by molar-refractivity contribution is -0.0489. The van der Waals surface area contributed by atoms with Crippen LogP contribution < -0.4 is 9.47 Å². The number of imidazole rings is 1. The number of piperidine rings is 1. The predicted molar refractivity (Wildman–Crippen MR) is 151 cm³/mol. The SMILES string of the molecule is Cn1c(CN2CCC(c3cccc4c3O[C@@H](c3ccc(Cl)cc3F)CC4)CC2)nc2c(OC(F)F)cc(C(=O)O)cc21. The average Bonchev–Trinajstić information content (AvgIpc) is 3.27. The van der Waals surface area contributed by atoms with Crippen molar-refractivity contribution in [2.45, 2.75) is 50.9 Å². The highest BCUT2D eigenvalue weighted by Gasteiger charge is 2.30. The van der Waals surface area contributed by atoms with Crippen molar-refractivity contribution in [3.05, 3.63) is 87.4 Å². The van der Waals surface area contributed by atoms with Crippen LogP contribution in [-0.4, -0.2) is 45.2 Å². The normalized spacial score (nSPS) is 17.8. The molecular weight excluding hydrogens is 571 g/mol. The molecule has 220 valence electrons. The molecule has 0 saturated carbocycles. The molecule has 1 saturated heterocycles. The van der Waals surface area contributed by atoms with Gasteiger partial charge in [-0.3, -0.25) is 4.90 Å². The van der Waals surface area contributed by atoms with E-state index in [-0.39, 0.29) is 34.7 Å². The number of hydrogen-bond acceptors (Lipinski definition) is 5. The average molecular weight is 600 g/mol. The fraction of sp³-hybridized carbons (Fsp3) is 0.355. The van der Waals surface area contributed by atoms with Crippen molar-refractivity contribution < 1.29 is 32.5 Å². The van der Waals surface area contributed by atoms with E-state index in [1.165, 1.54) is 12.1 Å². The summed E-state index contributed by atoms with van der Waals surface area (Å²) in [6, 6.07) is 13.4. The topological polar surface area (TPSA) is 76.8 Å². The summed E-state index contributed by atoms with van der Waals surface area (Å²) in [4.78, 5) is 18.4. The monoisotopic (exact) mass is 599 g/mol. The molecule has 3 aromatic carbocycles. The Bertz CT molecular complexity index is 1650. The lowest BCUT2D eigenvalue weighted by Gasteiger charge is -2.35. The molecule has 2 aliphatic heterocycles. The molecule has 4 aromatic rings. The van der Waals surface area contributed by atoms with Gasteiger partial charge >= 0.3 is 12.6 Å². The van der Waals surface area contributed by atoms with Gasteiger partial charge in [0.1, 0.15) is 29.0 Å². The van der Waals surface area contributed by atoms with Gasteiger partial charge in [0, 0.05) is 17.6 Å². The first kappa shape index (κ1) is 28.4. The first-order valence-electron chi connectivity index (χ1n) is 13.8. The van der Waals surface area contributed by atoms with Gasteiger partial charge in [0.25, 0.3) is 0 Å². The van der Waals surface area contributed by atoms with Crippen molar-refractivity contribution in [1.29, 1.82) is 0 Å². The number of benzene rings is 3. The summed E-state index contributed by atoms with van der Waals surface area (Å²) in [7, 11) is 1.74. The molecule has 7 nitrogen and oxygen atoms in total. The van der Waals surface area contributed by atoms with Crippen molar-refractivity contribution >= 4 is 28.6 Å². The summed E-state index contributed by atoms with van der Waals surface area (Å²) < 4.78 is 53.5. The number of rotatable bonds is 7. The summed E-state index contributed by atoms with van der Waals surface area (Å²) in [6.45, 7) is -1.09. The van der Waals surface area contributed by atoms with Crippen LogP contribution in [0.4, 0.5) is 13.2 Å². The molecule has 1 atom stereocenters. The Hall–Kier alpha value is -3.76. The van der Waals surface area contributed by atoms with Crippen LogP contribution in [0.15, 0.2) is 48.5 Å². The number of carbonyl (C=O) groups is 1. The fourth-order valence-corrected chi connectivity index (χ4v) is 6.25. The second-order valence-electron chi connectivity index (χ2n) is 10.8. The highest BCUT2D eigenvalue weighted by Crippen LogP contribution is 2.43. The standard InChI is InChI=1S/C31H29ClF3N3O4/c1-37-24-13-19(30(39)40)14-26(42-31(34)35)28(24)36-27(37)16-38-11-9-17(10-12-38)21-4-2-3-18-5-8-25(41-29(18)21)22-7-6-20(32)15-23(22)33/h2-4,6-7,13-15,17,25,31H,5,8-12,16H2,1H3,(H,39,40)/t25-/m1/s1. The smallest absolute Gasteiger partial charge is 0.387 e. The van der Waals surface area contributed by atoms with E-state index >= 15 is 0 Å². The number of para-hydroxylation sites is 1. The third-order valence-corrected chi connectivity index (χ3v) is 8.51. The van der Waals surface area contributed by atoms with E-state index in [9.17, 15) is 23.1 Å². The summed E-state index contributed by atoms with van der Waals surface area (Å²) in [5, 5.41) is 9.79. The third kappa shape index (κ3) is 5.53. The van der Waals surface area contributed by atoms with Crippen LogP contribution in [0.1, 0.15) is 64.2 Å². The Morgan fingerprint density at radius 1 is 1.14 bits per heavy atom. The van der Waals surface area contributed by atoms with Gasteiger partial charge in [-0.1, -0.05) is 35.9 Å². The number of carboxylic acids is 1. The number of carboxylic acid groups (broad SMARTS) is 1. The highest BCUT2D eigenvalue weighted by molar-refractivity contribution is 6.30. The van der Waals surface area contributed by atoms with Crippen LogP contribution in [0.25, 0.3) is 11.0 Å². The number of ether oxygens (including phenoxy) is 2. The van der Waals surface area contributed by atoms with E-state index in [1.807, 2.05) is 0 Å². The minimum atomic E-state index is -3.10. The summed E-state index contributed by atoms with van der Waals surface area (Å²) in [6.07, 6.45) is 2.83. The number of aromatic carboxylic acids is 1. The summed E-state index contributed by atoms with van der Waals surface area (Å²) in [5.74, 6) is -0.134. The fourth-order valence-electron chi connectivity index (χ4n) is 6.09. The summed E-state index contributed by atoms with van der Waals surface area (Å²) >= 11 is 5.95. The van der Waals surface area contributed by atoms with E-state index in [0.29, 0.717) is 34.9 Å². The molecule has 11 heteroatoms. The number of nitrogens with zero attached hydrogens (tertiary/aromatic N) is 3. The number of fused-ring (bicyclic) bond motifs is 2. The lowest BCUT2D eigenvalue weighted by atomic mass is 9.85. The van der Waals surface area contributed by atoms with Crippen LogP contribution in [0.3, 0.4) is 0 Å². The van der Waals surface area contributed by atoms with Gasteiger partial charge in [-0.05, 0) is 80.1 Å². The van der Waals surface area contributed by atoms with Crippen LogP contribution in [-0.2, 0) is 20.0 Å². The first-order valence-corrected chi connectivity index (χ1v) is 14.2. The Kier molecular flexibility index (Phi) is 7.76. The van der Waals surface area contributed by atoms with Gasteiger partial charge < -0.3 is 19.1 Å². The highest BCUT2D eigenvalue weighted by atomic mass is 35.5. The van der Waals surface area contributed by atoms with Crippen LogP contribution >= 0.6 is 11.6 Å². The maximum atomic E-state index is 14.7.